The minimum atomic E-state index is -0.269. The average molecular weight is 287 g/mol. The van der Waals surface area contributed by atoms with Crippen molar-refractivity contribution in [1.29, 1.82) is 0 Å². The topological polar surface area (TPSA) is 71.8 Å². The third-order valence-electron chi connectivity index (χ3n) is 2.94. The van der Waals surface area contributed by atoms with Gasteiger partial charge in [-0.3, -0.25) is 4.79 Å². The molecule has 0 radical (unpaired) electrons. The van der Waals surface area contributed by atoms with Crippen LogP contribution in [0.1, 0.15) is 26.5 Å². The fourth-order valence-electron chi connectivity index (χ4n) is 1.82. The zero-order valence-electron chi connectivity index (χ0n) is 12.6. The number of rotatable bonds is 6. The van der Waals surface area contributed by atoms with Gasteiger partial charge in [-0.25, -0.2) is 0 Å². The van der Waals surface area contributed by atoms with Gasteiger partial charge in [-0.1, -0.05) is 18.2 Å². The highest BCUT2D eigenvalue weighted by molar-refractivity contribution is 5.81. The van der Waals surface area contributed by atoms with E-state index in [1.54, 1.807) is 11.0 Å². The molecule has 0 aliphatic heterocycles. The van der Waals surface area contributed by atoms with Gasteiger partial charge in [0.25, 0.3) is 0 Å². The second-order valence-corrected chi connectivity index (χ2v) is 5.23. The number of hydrogen-bond donors (Lipinski definition) is 2. The van der Waals surface area contributed by atoms with E-state index in [1.807, 2.05) is 51.1 Å². The largest absolute Gasteiger partial charge is 0.353 e. The second-order valence-electron chi connectivity index (χ2n) is 5.23. The predicted molar refractivity (Wildman–Crippen MR) is 80.9 cm³/mol. The van der Waals surface area contributed by atoms with E-state index in [1.165, 1.54) is 0 Å². The van der Waals surface area contributed by atoms with Crippen molar-refractivity contribution in [3.8, 4) is 5.69 Å². The van der Waals surface area contributed by atoms with Gasteiger partial charge in [-0.15, -0.1) is 0 Å². The van der Waals surface area contributed by atoms with Crippen molar-refractivity contribution in [1.82, 2.24) is 25.6 Å². The molecule has 0 aliphatic carbocycles. The number of para-hydroxylation sites is 1. The van der Waals surface area contributed by atoms with Gasteiger partial charge in [0, 0.05) is 12.6 Å². The molecule has 1 aromatic carbocycles. The number of nitrogens with one attached hydrogen (secondary N) is 2. The van der Waals surface area contributed by atoms with Crippen LogP contribution in [0.5, 0.6) is 0 Å². The van der Waals surface area contributed by atoms with E-state index in [9.17, 15) is 4.79 Å². The van der Waals surface area contributed by atoms with Crippen molar-refractivity contribution < 1.29 is 4.79 Å². The molecule has 112 valence electrons. The summed E-state index contributed by atoms with van der Waals surface area (Å²) in [5.74, 6) is -0.0135. The fourth-order valence-corrected chi connectivity index (χ4v) is 1.82. The molecule has 0 saturated heterocycles. The number of aromatic nitrogens is 3. The Morgan fingerprint density at radius 1 is 1.24 bits per heavy atom. The highest BCUT2D eigenvalue weighted by Crippen LogP contribution is 2.04. The smallest absolute Gasteiger partial charge is 0.237 e. The Kier molecular flexibility index (Phi) is 5.05. The van der Waals surface area contributed by atoms with E-state index in [0.717, 1.165) is 11.4 Å². The van der Waals surface area contributed by atoms with Gasteiger partial charge in [0.05, 0.1) is 23.6 Å². The SMILES string of the molecule is CC(C)NC(=O)C(C)NCc1cnn(-c2ccccc2)n1. The number of carbonyl (C=O) groups is 1. The molecule has 2 aromatic rings. The van der Waals surface area contributed by atoms with Gasteiger partial charge in [-0.05, 0) is 32.9 Å². The Morgan fingerprint density at radius 3 is 2.62 bits per heavy atom. The van der Waals surface area contributed by atoms with Crippen molar-refractivity contribution in [2.75, 3.05) is 0 Å². The molecule has 1 unspecified atom stereocenters. The first-order valence-corrected chi connectivity index (χ1v) is 7.06. The molecule has 0 saturated carbocycles. The monoisotopic (exact) mass is 287 g/mol. The summed E-state index contributed by atoms with van der Waals surface area (Å²) in [4.78, 5) is 13.4. The predicted octanol–water partition coefficient (Wildman–Crippen LogP) is 1.27. The highest BCUT2D eigenvalue weighted by Gasteiger charge is 2.13. The Labute approximate surface area is 124 Å². The molecule has 6 nitrogen and oxygen atoms in total. The molecule has 1 atom stereocenters. The molecular weight excluding hydrogens is 266 g/mol. The maximum atomic E-state index is 11.8. The van der Waals surface area contributed by atoms with Crippen LogP contribution in [-0.4, -0.2) is 33.0 Å². The van der Waals surface area contributed by atoms with Crippen molar-refractivity contribution in [3.05, 3.63) is 42.2 Å². The molecule has 1 heterocycles. The van der Waals surface area contributed by atoms with Crippen LogP contribution in [-0.2, 0) is 11.3 Å². The van der Waals surface area contributed by atoms with Gasteiger partial charge in [0.2, 0.25) is 5.91 Å². The van der Waals surface area contributed by atoms with Crippen molar-refractivity contribution >= 4 is 5.91 Å². The lowest BCUT2D eigenvalue weighted by molar-refractivity contribution is -0.123. The Bertz CT molecular complexity index is 579. The Hall–Kier alpha value is -2.21. The first-order valence-electron chi connectivity index (χ1n) is 7.06. The van der Waals surface area contributed by atoms with Crippen LogP contribution in [0.25, 0.3) is 5.69 Å². The van der Waals surface area contributed by atoms with Crippen LogP contribution >= 0.6 is 0 Å². The molecule has 6 heteroatoms. The van der Waals surface area contributed by atoms with Gasteiger partial charge in [0.15, 0.2) is 0 Å². The minimum Gasteiger partial charge on any atom is -0.353 e. The number of hydrogen-bond acceptors (Lipinski definition) is 4. The summed E-state index contributed by atoms with van der Waals surface area (Å²) in [6.45, 7) is 6.21. The van der Waals surface area contributed by atoms with E-state index >= 15 is 0 Å². The zero-order chi connectivity index (χ0) is 15.2. The van der Waals surface area contributed by atoms with Crippen LogP contribution in [0.3, 0.4) is 0 Å². The summed E-state index contributed by atoms with van der Waals surface area (Å²) in [5.41, 5.74) is 1.71. The van der Waals surface area contributed by atoms with Gasteiger partial charge < -0.3 is 10.6 Å². The second kappa shape index (κ2) is 6.99. The van der Waals surface area contributed by atoms with E-state index in [2.05, 4.69) is 20.8 Å². The highest BCUT2D eigenvalue weighted by atomic mass is 16.2. The molecule has 1 aromatic heterocycles. The van der Waals surface area contributed by atoms with E-state index < -0.39 is 0 Å². The van der Waals surface area contributed by atoms with Crippen LogP contribution in [0.2, 0.25) is 0 Å². The maximum absolute atomic E-state index is 11.8. The molecule has 1 amide bonds. The number of amides is 1. The standard InChI is InChI=1S/C15H21N5O/c1-11(2)18-15(21)12(3)16-9-13-10-17-20(19-13)14-7-5-4-6-8-14/h4-8,10-12,16H,9H2,1-3H3,(H,18,21). The molecule has 0 aliphatic rings. The zero-order valence-corrected chi connectivity index (χ0v) is 12.6. The third kappa shape index (κ3) is 4.39. The first-order chi connectivity index (χ1) is 10.1. The summed E-state index contributed by atoms with van der Waals surface area (Å²) in [6.07, 6.45) is 1.70. The summed E-state index contributed by atoms with van der Waals surface area (Å²) in [7, 11) is 0. The quantitative estimate of drug-likeness (QED) is 0.839. The van der Waals surface area contributed by atoms with Crippen LogP contribution in [0, 0.1) is 0 Å². The lowest BCUT2D eigenvalue weighted by atomic mass is 10.2. The van der Waals surface area contributed by atoms with Crippen molar-refractivity contribution in [2.24, 2.45) is 0 Å². The van der Waals surface area contributed by atoms with Gasteiger partial charge in [0.1, 0.15) is 0 Å². The molecule has 0 fully saturated rings. The van der Waals surface area contributed by atoms with Crippen LogP contribution < -0.4 is 10.6 Å². The van der Waals surface area contributed by atoms with Crippen LogP contribution in [0.4, 0.5) is 0 Å². The normalized spacial score (nSPS) is 12.4. The Morgan fingerprint density at radius 2 is 1.95 bits per heavy atom. The molecular formula is C15H21N5O. The molecule has 2 N–H and O–H groups in total. The maximum Gasteiger partial charge on any atom is 0.237 e. The number of benzene rings is 1. The van der Waals surface area contributed by atoms with Gasteiger partial charge in [-0.2, -0.15) is 15.0 Å². The van der Waals surface area contributed by atoms with E-state index in [-0.39, 0.29) is 18.0 Å². The summed E-state index contributed by atoms with van der Waals surface area (Å²) in [5, 5.41) is 14.6. The summed E-state index contributed by atoms with van der Waals surface area (Å²) < 4.78 is 0. The summed E-state index contributed by atoms with van der Waals surface area (Å²) >= 11 is 0. The first kappa shape index (κ1) is 15.2. The molecule has 0 spiro atoms. The third-order valence-corrected chi connectivity index (χ3v) is 2.94. The van der Waals surface area contributed by atoms with Crippen molar-refractivity contribution in [2.45, 2.75) is 39.4 Å². The molecule has 0 bridgehead atoms. The number of carbonyl (C=O) groups excluding carboxylic acids is 1. The van der Waals surface area contributed by atoms with Crippen molar-refractivity contribution in [3.63, 3.8) is 0 Å². The van der Waals surface area contributed by atoms with E-state index in [4.69, 9.17) is 0 Å². The van der Waals surface area contributed by atoms with Crippen LogP contribution in [0.15, 0.2) is 36.5 Å². The Balaban J connectivity index is 1.90. The average Bonchev–Trinajstić information content (AvgIpc) is 2.94. The number of nitrogens with zero attached hydrogens (tertiary/aromatic N) is 3. The molecule has 21 heavy (non-hydrogen) atoms. The summed E-state index contributed by atoms with van der Waals surface area (Å²) in [6, 6.07) is 9.58. The minimum absolute atomic E-state index is 0.0135. The lowest BCUT2D eigenvalue weighted by Gasteiger charge is -2.15. The van der Waals surface area contributed by atoms with E-state index in [0.29, 0.717) is 6.54 Å². The fraction of sp³-hybridized carbons (Fsp3) is 0.400. The van der Waals surface area contributed by atoms with Gasteiger partial charge >= 0.3 is 0 Å². The molecule has 2 rings (SSSR count). The lowest BCUT2D eigenvalue weighted by Crippen LogP contribution is -2.44.